The minimum absolute atomic E-state index is 0.168. The number of rotatable bonds is 5. The Morgan fingerprint density at radius 2 is 1.97 bits per heavy atom. The van der Waals surface area contributed by atoms with Crippen LogP contribution in [-0.4, -0.2) is 65.0 Å². The number of anilines is 1. The van der Waals surface area contributed by atoms with Crippen molar-refractivity contribution < 1.29 is 9.84 Å². The molecule has 3 aromatic rings. The molecular weight excluding hydrogens is 384 g/mol. The first-order valence-electron chi connectivity index (χ1n) is 10.7. The molecule has 7 heteroatoms. The number of nitrogens with zero attached hydrogens (tertiary/aromatic N) is 3. The molecule has 154 valence electrons. The van der Waals surface area contributed by atoms with E-state index in [1.54, 1.807) is 17.7 Å². The Morgan fingerprint density at radius 3 is 2.76 bits per heavy atom. The standard InChI is InChI=1S/C22H28N4O2S/c27-10-7-15-1-6-19-18(13-15)20-21(23-14-24-22(20)29-19)25-16-2-4-17(5-3-16)26-8-11-28-12-9-26/h1,6,13-14,16-17,27H,2-5,7-12H2,(H,23,24,25). The van der Waals surface area contributed by atoms with Crippen LogP contribution in [0.4, 0.5) is 5.82 Å². The van der Waals surface area contributed by atoms with Gasteiger partial charge in [-0.3, -0.25) is 4.90 Å². The molecule has 29 heavy (non-hydrogen) atoms. The number of morpholine rings is 1. The summed E-state index contributed by atoms with van der Waals surface area (Å²) in [5, 5.41) is 15.4. The number of fused-ring (bicyclic) bond motifs is 3. The highest BCUT2D eigenvalue weighted by atomic mass is 32.1. The predicted molar refractivity (Wildman–Crippen MR) is 118 cm³/mol. The first kappa shape index (κ1) is 19.2. The Hall–Kier alpha value is -1.80. The number of benzene rings is 1. The summed E-state index contributed by atoms with van der Waals surface area (Å²) in [4.78, 5) is 12.8. The number of thiophene rings is 1. The molecule has 2 N–H and O–H groups in total. The second-order valence-electron chi connectivity index (χ2n) is 8.11. The van der Waals surface area contributed by atoms with E-state index in [-0.39, 0.29) is 6.61 Å². The van der Waals surface area contributed by atoms with Gasteiger partial charge in [0.1, 0.15) is 17.0 Å². The van der Waals surface area contributed by atoms with E-state index in [4.69, 9.17) is 4.74 Å². The van der Waals surface area contributed by atoms with Crippen LogP contribution in [-0.2, 0) is 11.2 Å². The van der Waals surface area contributed by atoms with Crippen LogP contribution in [0.15, 0.2) is 24.5 Å². The topological polar surface area (TPSA) is 70.5 Å². The van der Waals surface area contributed by atoms with Crippen molar-refractivity contribution in [1.29, 1.82) is 0 Å². The smallest absolute Gasteiger partial charge is 0.139 e. The number of ether oxygens (including phenoxy) is 1. The van der Waals surface area contributed by atoms with Gasteiger partial charge in [0, 0.05) is 41.9 Å². The maximum absolute atomic E-state index is 9.30. The molecular formula is C22H28N4O2S. The number of aliphatic hydroxyl groups is 1. The molecule has 1 aliphatic heterocycles. The van der Waals surface area contributed by atoms with Crippen molar-refractivity contribution >= 4 is 37.5 Å². The molecule has 1 saturated carbocycles. The van der Waals surface area contributed by atoms with E-state index in [1.807, 2.05) is 0 Å². The number of nitrogens with one attached hydrogen (secondary N) is 1. The van der Waals surface area contributed by atoms with E-state index in [1.165, 1.54) is 35.8 Å². The number of hydrogen-bond acceptors (Lipinski definition) is 7. The molecule has 0 atom stereocenters. The lowest BCUT2D eigenvalue weighted by molar-refractivity contribution is 0.00791. The molecule has 1 aliphatic carbocycles. The molecule has 6 nitrogen and oxygen atoms in total. The maximum Gasteiger partial charge on any atom is 0.139 e. The molecule has 0 bridgehead atoms. The van der Waals surface area contributed by atoms with Gasteiger partial charge in [0.15, 0.2) is 0 Å². The highest BCUT2D eigenvalue weighted by Crippen LogP contribution is 2.37. The largest absolute Gasteiger partial charge is 0.396 e. The number of aliphatic hydroxyl groups excluding tert-OH is 1. The zero-order valence-corrected chi connectivity index (χ0v) is 17.5. The Kier molecular flexibility index (Phi) is 5.63. The quantitative estimate of drug-likeness (QED) is 0.669. The van der Waals surface area contributed by atoms with Crippen LogP contribution >= 0.6 is 11.3 Å². The molecule has 5 rings (SSSR count). The molecule has 2 aliphatic rings. The van der Waals surface area contributed by atoms with Crippen molar-refractivity contribution in [3.05, 3.63) is 30.1 Å². The second-order valence-corrected chi connectivity index (χ2v) is 9.14. The lowest BCUT2D eigenvalue weighted by Gasteiger charge is -2.39. The zero-order valence-electron chi connectivity index (χ0n) is 16.6. The minimum Gasteiger partial charge on any atom is -0.396 e. The van der Waals surface area contributed by atoms with Crippen LogP contribution < -0.4 is 5.32 Å². The Labute approximate surface area is 174 Å². The fraction of sp³-hybridized carbons (Fsp3) is 0.545. The number of hydrogen-bond donors (Lipinski definition) is 2. The Bertz CT molecular complexity index is 978. The van der Waals surface area contributed by atoms with E-state index in [9.17, 15) is 5.11 Å². The zero-order chi connectivity index (χ0) is 19.6. The maximum atomic E-state index is 9.30. The van der Waals surface area contributed by atoms with Crippen molar-refractivity contribution in [1.82, 2.24) is 14.9 Å². The van der Waals surface area contributed by atoms with Crippen molar-refractivity contribution in [3.8, 4) is 0 Å². The summed E-state index contributed by atoms with van der Waals surface area (Å²) in [6.45, 7) is 4.07. The van der Waals surface area contributed by atoms with Gasteiger partial charge < -0.3 is 15.2 Å². The summed E-state index contributed by atoms with van der Waals surface area (Å²) < 4.78 is 6.72. The summed E-state index contributed by atoms with van der Waals surface area (Å²) in [6, 6.07) is 7.59. The van der Waals surface area contributed by atoms with Gasteiger partial charge in [-0.2, -0.15) is 0 Å². The van der Waals surface area contributed by atoms with Crippen LogP contribution in [0.25, 0.3) is 20.3 Å². The van der Waals surface area contributed by atoms with Crippen molar-refractivity contribution in [2.45, 2.75) is 44.2 Å². The summed E-state index contributed by atoms with van der Waals surface area (Å²) >= 11 is 1.71. The monoisotopic (exact) mass is 412 g/mol. The van der Waals surface area contributed by atoms with E-state index in [2.05, 4.69) is 38.4 Å². The van der Waals surface area contributed by atoms with Crippen molar-refractivity contribution in [2.24, 2.45) is 0 Å². The van der Waals surface area contributed by atoms with Crippen LogP contribution in [0.1, 0.15) is 31.2 Å². The lowest BCUT2D eigenvalue weighted by atomic mass is 9.90. The fourth-order valence-corrected chi connectivity index (χ4v) is 5.79. The fourth-order valence-electron chi connectivity index (χ4n) is 4.77. The third-order valence-corrected chi connectivity index (χ3v) is 7.41. The van der Waals surface area contributed by atoms with Crippen molar-refractivity contribution in [3.63, 3.8) is 0 Å². The molecule has 0 amide bonds. The van der Waals surface area contributed by atoms with Crippen LogP contribution in [0.2, 0.25) is 0 Å². The van der Waals surface area contributed by atoms with Gasteiger partial charge in [0.05, 0.1) is 18.6 Å². The SMILES string of the molecule is OCCc1ccc2sc3ncnc(NC4CCC(N5CCOCC5)CC4)c3c2c1. The lowest BCUT2D eigenvalue weighted by Crippen LogP contribution is -2.46. The minimum atomic E-state index is 0.168. The molecule has 1 aromatic carbocycles. The van der Waals surface area contributed by atoms with E-state index in [0.29, 0.717) is 18.5 Å². The molecule has 3 heterocycles. The van der Waals surface area contributed by atoms with Gasteiger partial charge in [-0.25, -0.2) is 9.97 Å². The van der Waals surface area contributed by atoms with Crippen LogP contribution in [0, 0.1) is 0 Å². The molecule has 0 radical (unpaired) electrons. The highest BCUT2D eigenvalue weighted by Gasteiger charge is 2.27. The molecule has 1 saturated heterocycles. The summed E-state index contributed by atoms with van der Waals surface area (Å²) in [5.74, 6) is 0.956. The molecule has 0 unspecified atom stereocenters. The summed E-state index contributed by atoms with van der Waals surface area (Å²) in [7, 11) is 0. The first-order valence-corrected chi connectivity index (χ1v) is 11.5. The molecule has 2 fully saturated rings. The Morgan fingerprint density at radius 1 is 1.14 bits per heavy atom. The second kappa shape index (κ2) is 8.52. The normalized spacial score (nSPS) is 23.6. The van der Waals surface area contributed by atoms with Gasteiger partial charge in [0.25, 0.3) is 0 Å². The predicted octanol–water partition coefficient (Wildman–Crippen LogP) is 3.43. The average Bonchev–Trinajstić information content (AvgIpc) is 3.14. The Balaban J connectivity index is 1.35. The summed E-state index contributed by atoms with van der Waals surface area (Å²) in [6.07, 6.45) is 7.16. The third kappa shape index (κ3) is 3.97. The van der Waals surface area contributed by atoms with E-state index < -0.39 is 0 Å². The van der Waals surface area contributed by atoms with Gasteiger partial charge in [0.2, 0.25) is 0 Å². The van der Waals surface area contributed by atoms with E-state index in [0.717, 1.165) is 47.9 Å². The summed E-state index contributed by atoms with van der Waals surface area (Å²) in [5.41, 5.74) is 1.15. The first-order chi connectivity index (χ1) is 14.3. The van der Waals surface area contributed by atoms with Gasteiger partial charge >= 0.3 is 0 Å². The third-order valence-electron chi connectivity index (χ3n) is 6.33. The van der Waals surface area contributed by atoms with Crippen LogP contribution in [0.5, 0.6) is 0 Å². The van der Waals surface area contributed by atoms with Gasteiger partial charge in [-0.05, 0) is 49.8 Å². The molecule has 0 spiro atoms. The number of aromatic nitrogens is 2. The highest BCUT2D eigenvalue weighted by molar-refractivity contribution is 7.25. The van der Waals surface area contributed by atoms with Crippen LogP contribution in [0.3, 0.4) is 0 Å². The van der Waals surface area contributed by atoms with Gasteiger partial charge in [-0.15, -0.1) is 11.3 Å². The molecule has 2 aromatic heterocycles. The average molecular weight is 413 g/mol. The van der Waals surface area contributed by atoms with E-state index >= 15 is 0 Å². The van der Waals surface area contributed by atoms with Gasteiger partial charge in [-0.1, -0.05) is 6.07 Å². The van der Waals surface area contributed by atoms with Crippen molar-refractivity contribution in [2.75, 3.05) is 38.2 Å².